The van der Waals surface area contributed by atoms with Gasteiger partial charge >= 0.3 is 0 Å². The number of nitrogens with zero attached hydrogens (tertiary/aromatic N) is 2. The number of hydrogen-bond donors (Lipinski definition) is 1. The van der Waals surface area contributed by atoms with Crippen LogP contribution in [0.1, 0.15) is 25.3 Å². The number of thioether (sulfide) groups is 1. The molecule has 2 rings (SSSR count). The van der Waals surface area contributed by atoms with Gasteiger partial charge in [0.15, 0.2) is 0 Å². The summed E-state index contributed by atoms with van der Waals surface area (Å²) in [5, 5.41) is 2.89. The molecule has 6 heteroatoms. The third-order valence-corrected chi connectivity index (χ3v) is 5.14. The molecular weight excluding hydrogens is 334 g/mol. The zero-order chi connectivity index (χ0) is 18.1. The quantitative estimate of drug-likeness (QED) is 0.767. The van der Waals surface area contributed by atoms with Gasteiger partial charge in [-0.3, -0.25) is 14.5 Å². The molecule has 1 heterocycles. The number of nitrogens with one attached hydrogen (secondary N) is 1. The Balaban J connectivity index is 1.86. The van der Waals surface area contributed by atoms with Crippen molar-refractivity contribution in [2.24, 2.45) is 0 Å². The van der Waals surface area contributed by atoms with Crippen molar-refractivity contribution in [2.75, 3.05) is 38.2 Å². The van der Waals surface area contributed by atoms with Crippen molar-refractivity contribution >= 4 is 23.6 Å². The molecule has 1 fully saturated rings. The summed E-state index contributed by atoms with van der Waals surface area (Å²) < 4.78 is 0. The van der Waals surface area contributed by atoms with Crippen LogP contribution in [0.3, 0.4) is 0 Å². The van der Waals surface area contributed by atoms with E-state index in [-0.39, 0.29) is 17.9 Å². The first-order valence-electron chi connectivity index (χ1n) is 8.97. The van der Waals surface area contributed by atoms with Crippen LogP contribution in [-0.4, -0.2) is 65.8 Å². The molecule has 0 bridgehead atoms. The first kappa shape index (κ1) is 19.8. The van der Waals surface area contributed by atoms with Crippen LogP contribution in [-0.2, 0) is 16.1 Å². The minimum absolute atomic E-state index is 0.0535. The fraction of sp³-hybridized carbons (Fsp3) is 0.579. The number of benzene rings is 1. The van der Waals surface area contributed by atoms with Crippen molar-refractivity contribution in [2.45, 2.75) is 32.4 Å². The van der Waals surface area contributed by atoms with Gasteiger partial charge in [0, 0.05) is 39.1 Å². The van der Waals surface area contributed by atoms with Gasteiger partial charge in [0.25, 0.3) is 0 Å². The van der Waals surface area contributed by atoms with E-state index < -0.39 is 0 Å². The lowest BCUT2D eigenvalue weighted by Gasteiger charge is -2.36. The molecule has 138 valence electrons. The van der Waals surface area contributed by atoms with Gasteiger partial charge in [0.05, 0.1) is 0 Å². The van der Waals surface area contributed by atoms with E-state index in [1.165, 1.54) is 5.56 Å². The average molecular weight is 364 g/mol. The molecule has 0 radical (unpaired) electrons. The Morgan fingerprint density at radius 2 is 1.84 bits per heavy atom. The van der Waals surface area contributed by atoms with Crippen LogP contribution < -0.4 is 5.32 Å². The number of hydrogen-bond acceptors (Lipinski definition) is 4. The summed E-state index contributed by atoms with van der Waals surface area (Å²) in [7, 11) is 0. The molecular formula is C19H29N3O2S. The van der Waals surface area contributed by atoms with Crippen molar-refractivity contribution in [3.05, 3.63) is 35.9 Å². The summed E-state index contributed by atoms with van der Waals surface area (Å²) in [5.74, 6) is 0.881. The summed E-state index contributed by atoms with van der Waals surface area (Å²) in [4.78, 5) is 28.8. The van der Waals surface area contributed by atoms with Gasteiger partial charge in [-0.1, -0.05) is 37.3 Å². The molecule has 1 N–H and O–H groups in total. The van der Waals surface area contributed by atoms with Crippen molar-refractivity contribution < 1.29 is 9.59 Å². The Bertz CT molecular complexity index is 545. The molecule has 0 saturated carbocycles. The fourth-order valence-corrected chi connectivity index (χ4v) is 3.45. The topological polar surface area (TPSA) is 52.7 Å². The smallest absolute Gasteiger partial charge is 0.245 e. The maximum absolute atomic E-state index is 12.8. The van der Waals surface area contributed by atoms with Gasteiger partial charge in [0.2, 0.25) is 11.8 Å². The van der Waals surface area contributed by atoms with E-state index in [9.17, 15) is 9.59 Å². The largest absolute Gasteiger partial charge is 0.344 e. The second-order valence-electron chi connectivity index (χ2n) is 6.34. The minimum Gasteiger partial charge on any atom is -0.344 e. The van der Waals surface area contributed by atoms with E-state index >= 15 is 0 Å². The second kappa shape index (κ2) is 10.5. The maximum atomic E-state index is 12.8. The van der Waals surface area contributed by atoms with Crippen LogP contribution >= 0.6 is 11.8 Å². The van der Waals surface area contributed by atoms with E-state index in [1.807, 2.05) is 24.1 Å². The highest BCUT2D eigenvalue weighted by molar-refractivity contribution is 7.98. The SMILES string of the molecule is CCC(=O)N[C@H](CCSC)C(=O)N1CCN(Cc2ccccc2)CC1. The highest BCUT2D eigenvalue weighted by atomic mass is 32.2. The Labute approximate surface area is 155 Å². The first-order chi connectivity index (χ1) is 12.1. The average Bonchev–Trinajstić information content (AvgIpc) is 2.65. The third kappa shape index (κ3) is 6.36. The maximum Gasteiger partial charge on any atom is 0.245 e. The lowest BCUT2D eigenvalue weighted by atomic mass is 10.1. The molecule has 0 unspecified atom stereocenters. The van der Waals surface area contributed by atoms with Gasteiger partial charge in [0.1, 0.15) is 6.04 Å². The third-order valence-electron chi connectivity index (χ3n) is 4.50. The molecule has 5 nitrogen and oxygen atoms in total. The number of rotatable bonds is 8. The van der Waals surface area contributed by atoms with Crippen LogP contribution in [0.2, 0.25) is 0 Å². The van der Waals surface area contributed by atoms with Gasteiger partial charge in [-0.05, 0) is 24.0 Å². The minimum atomic E-state index is -0.388. The molecule has 1 atom stereocenters. The van der Waals surface area contributed by atoms with E-state index in [0.717, 1.165) is 38.5 Å². The van der Waals surface area contributed by atoms with Crippen molar-refractivity contribution in [3.63, 3.8) is 0 Å². The normalized spacial score (nSPS) is 16.5. The fourth-order valence-electron chi connectivity index (χ4n) is 2.98. The molecule has 1 aliphatic heterocycles. The zero-order valence-corrected chi connectivity index (χ0v) is 16.1. The van der Waals surface area contributed by atoms with Crippen molar-refractivity contribution in [3.8, 4) is 0 Å². The highest BCUT2D eigenvalue weighted by Crippen LogP contribution is 2.11. The predicted octanol–water partition coefficient (Wildman–Crippen LogP) is 1.98. The Hall–Kier alpha value is -1.53. The molecule has 1 aromatic carbocycles. The highest BCUT2D eigenvalue weighted by Gasteiger charge is 2.28. The number of piperazine rings is 1. The second-order valence-corrected chi connectivity index (χ2v) is 7.33. The molecule has 0 spiro atoms. The standard InChI is InChI=1S/C19H29N3O2S/c1-3-18(23)20-17(9-14-25-2)19(24)22-12-10-21(11-13-22)15-16-7-5-4-6-8-16/h4-8,17H,3,9-15H2,1-2H3,(H,20,23)/t17-/m1/s1. The molecule has 2 amide bonds. The molecule has 0 aliphatic carbocycles. The monoisotopic (exact) mass is 363 g/mol. The molecule has 1 saturated heterocycles. The van der Waals surface area contributed by atoms with E-state index in [0.29, 0.717) is 12.8 Å². The number of carbonyl (C=O) groups is 2. The molecule has 25 heavy (non-hydrogen) atoms. The lowest BCUT2D eigenvalue weighted by molar-refractivity contribution is -0.138. The van der Waals surface area contributed by atoms with Crippen molar-refractivity contribution in [1.82, 2.24) is 15.1 Å². The van der Waals surface area contributed by atoms with Gasteiger partial charge in [-0.25, -0.2) is 0 Å². The summed E-state index contributed by atoms with van der Waals surface area (Å²) in [5.41, 5.74) is 1.30. The van der Waals surface area contributed by atoms with Crippen molar-refractivity contribution in [1.29, 1.82) is 0 Å². The Morgan fingerprint density at radius 1 is 1.16 bits per heavy atom. The van der Waals surface area contributed by atoms with Crippen LogP contribution in [0.5, 0.6) is 0 Å². The molecule has 1 aliphatic rings. The van der Waals surface area contributed by atoms with Crippen LogP contribution in [0.25, 0.3) is 0 Å². The van der Waals surface area contributed by atoms with Crippen LogP contribution in [0.15, 0.2) is 30.3 Å². The predicted molar refractivity (Wildman–Crippen MR) is 104 cm³/mol. The lowest BCUT2D eigenvalue weighted by Crippen LogP contribution is -2.54. The summed E-state index contributed by atoms with van der Waals surface area (Å²) in [6.07, 6.45) is 3.12. The first-order valence-corrected chi connectivity index (χ1v) is 10.4. The van der Waals surface area contributed by atoms with Crippen LogP contribution in [0, 0.1) is 0 Å². The molecule has 0 aromatic heterocycles. The van der Waals surface area contributed by atoms with E-state index in [4.69, 9.17) is 0 Å². The summed E-state index contributed by atoms with van der Waals surface area (Å²) >= 11 is 1.70. The Kier molecular flexibility index (Phi) is 8.28. The van der Waals surface area contributed by atoms with Crippen LogP contribution in [0.4, 0.5) is 0 Å². The van der Waals surface area contributed by atoms with Gasteiger partial charge in [-0.2, -0.15) is 11.8 Å². The van der Waals surface area contributed by atoms with E-state index in [1.54, 1.807) is 11.8 Å². The summed E-state index contributed by atoms with van der Waals surface area (Å²) in [6.45, 7) is 5.93. The van der Waals surface area contributed by atoms with E-state index in [2.05, 4.69) is 34.5 Å². The molecule has 1 aromatic rings. The van der Waals surface area contributed by atoms with Gasteiger partial charge in [-0.15, -0.1) is 0 Å². The zero-order valence-electron chi connectivity index (χ0n) is 15.2. The summed E-state index contributed by atoms with van der Waals surface area (Å²) in [6, 6.07) is 10.0. The Morgan fingerprint density at radius 3 is 2.44 bits per heavy atom. The number of carbonyl (C=O) groups excluding carboxylic acids is 2. The van der Waals surface area contributed by atoms with Gasteiger partial charge < -0.3 is 10.2 Å². The number of amides is 2.